The van der Waals surface area contributed by atoms with Crippen LogP contribution in [0.1, 0.15) is 15.9 Å². The number of nitro groups is 1. The molecule has 0 aliphatic heterocycles. The number of hydrogen-bond donors (Lipinski definition) is 2. The summed E-state index contributed by atoms with van der Waals surface area (Å²) in [5.74, 6) is -1.09. The van der Waals surface area contributed by atoms with Crippen molar-refractivity contribution in [3.8, 4) is 0 Å². The van der Waals surface area contributed by atoms with Crippen LogP contribution >= 0.6 is 23.1 Å². The van der Waals surface area contributed by atoms with Crippen molar-refractivity contribution in [3.63, 3.8) is 0 Å². The van der Waals surface area contributed by atoms with Crippen LogP contribution in [0.25, 0.3) is 0 Å². The van der Waals surface area contributed by atoms with Crippen molar-refractivity contribution in [1.29, 1.82) is 0 Å². The lowest BCUT2D eigenvalue weighted by atomic mass is 10.1. The third-order valence-corrected chi connectivity index (χ3v) is 4.25. The zero-order chi connectivity index (χ0) is 14.7. The summed E-state index contributed by atoms with van der Waals surface area (Å²) in [4.78, 5) is 21.4. The Hall–Kier alpha value is -2.20. The number of carboxylic acid groups (broad SMARTS) is 1. The molecular formula is C10H8N4O4S2. The van der Waals surface area contributed by atoms with E-state index >= 15 is 0 Å². The topological polar surface area (TPSA) is 132 Å². The summed E-state index contributed by atoms with van der Waals surface area (Å²) in [6, 6.07) is 4.16. The number of hydrogen-bond acceptors (Lipinski definition) is 8. The van der Waals surface area contributed by atoms with Gasteiger partial charge in [-0.2, -0.15) is 0 Å². The maximum absolute atomic E-state index is 11.2. The lowest BCUT2D eigenvalue weighted by Crippen LogP contribution is -2.06. The molecule has 0 saturated heterocycles. The maximum Gasteiger partial charge on any atom is 0.343 e. The number of benzene rings is 1. The molecule has 0 bridgehead atoms. The SMILES string of the molecule is Nc1nnc(SCc2cccc([N+](=O)[O-])c2C(=O)O)s1. The van der Waals surface area contributed by atoms with Gasteiger partial charge in [-0.05, 0) is 5.56 Å². The molecule has 0 radical (unpaired) electrons. The molecule has 1 aromatic heterocycles. The number of nitrogen functional groups attached to an aromatic ring is 1. The summed E-state index contributed by atoms with van der Waals surface area (Å²) in [7, 11) is 0. The number of nitrogens with two attached hydrogens (primary N) is 1. The van der Waals surface area contributed by atoms with E-state index in [0.29, 0.717) is 15.0 Å². The number of nitro benzene ring substituents is 1. The van der Waals surface area contributed by atoms with Gasteiger partial charge in [-0.25, -0.2) is 4.79 Å². The number of carboxylic acids is 1. The molecular weight excluding hydrogens is 304 g/mol. The highest BCUT2D eigenvalue weighted by molar-refractivity contribution is 8.00. The molecule has 10 heteroatoms. The van der Waals surface area contributed by atoms with E-state index in [-0.39, 0.29) is 11.3 Å². The van der Waals surface area contributed by atoms with E-state index in [2.05, 4.69) is 10.2 Å². The van der Waals surface area contributed by atoms with Crippen molar-refractivity contribution in [2.45, 2.75) is 10.1 Å². The quantitative estimate of drug-likeness (QED) is 0.486. The molecule has 8 nitrogen and oxygen atoms in total. The standard InChI is InChI=1S/C10H8N4O4S2/c11-9-12-13-10(20-9)19-4-5-2-1-3-6(14(17)18)7(5)8(15)16/h1-3H,4H2,(H2,11,12)(H,15,16). The fraction of sp³-hybridized carbons (Fsp3) is 0.100. The van der Waals surface area contributed by atoms with Gasteiger partial charge >= 0.3 is 5.97 Å². The third kappa shape index (κ3) is 3.03. The lowest BCUT2D eigenvalue weighted by molar-refractivity contribution is -0.385. The Balaban J connectivity index is 2.29. The first-order valence-electron chi connectivity index (χ1n) is 5.20. The molecule has 3 N–H and O–H groups in total. The Morgan fingerprint density at radius 2 is 2.25 bits per heavy atom. The lowest BCUT2D eigenvalue weighted by Gasteiger charge is -2.05. The molecule has 104 valence electrons. The average molecular weight is 312 g/mol. The summed E-state index contributed by atoms with van der Waals surface area (Å²) in [6.07, 6.45) is 0. The predicted octanol–water partition coefficient (Wildman–Crippen LogP) is 2.02. The molecule has 2 rings (SSSR count). The molecule has 2 aromatic rings. The zero-order valence-electron chi connectivity index (χ0n) is 9.85. The number of thioether (sulfide) groups is 1. The van der Waals surface area contributed by atoms with E-state index < -0.39 is 16.6 Å². The third-order valence-electron chi connectivity index (χ3n) is 2.31. The highest BCUT2D eigenvalue weighted by Crippen LogP contribution is 2.30. The van der Waals surface area contributed by atoms with Gasteiger partial charge < -0.3 is 10.8 Å². The number of rotatable bonds is 5. The normalized spacial score (nSPS) is 10.4. The Labute approximate surface area is 120 Å². The van der Waals surface area contributed by atoms with Crippen LogP contribution in [0.4, 0.5) is 10.8 Å². The molecule has 0 atom stereocenters. The van der Waals surface area contributed by atoms with Crippen LogP contribution in [0, 0.1) is 10.1 Å². The van der Waals surface area contributed by atoms with Gasteiger partial charge in [0, 0.05) is 11.8 Å². The Morgan fingerprint density at radius 1 is 1.50 bits per heavy atom. The Bertz CT molecular complexity index is 673. The Kier molecular flexibility index (Phi) is 4.15. The fourth-order valence-electron chi connectivity index (χ4n) is 1.52. The van der Waals surface area contributed by atoms with Crippen LogP contribution in [0.5, 0.6) is 0 Å². The summed E-state index contributed by atoms with van der Waals surface area (Å²) >= 11 is 2.39. The first-order valence-corrected chi connectivity index (χ1v) is 7.00. The summed E-state index contributed by atoms with van der Waals surface area (Å²) in [5.41, 5.74) is 5.06. The smallest absolute Gasteiger partial charge is 0.343 e. The largest absolute Gasteiger partial charge is 0.477 e. The maximum atomic E-state index is 11.2. The number of aromatic nitrogens is 2. The second-order valence-corrected chi connectivity index (χ2v) is 5.80. The van der Waals surface area contributed by atoms with Gasteiger partial charge in [-0.1, -0.05) is 35.2 Å². The monoisotopic (exact) mass is 312 g/mol. The summed E-state index contributed by atoms with van der Waals surface area (Å²) in [6.45, 7) is 0. The molecule has 0 fully saturated rings. The van der Waals surface area contributed by atoms with Crippen LogP contribution < -0.4 is 5.73 Å². The first kappa shape index (κ1) is 14.2. The molecule has 20 heavy (non-hydrogen) atoms. The van der Waals surface area contributed by atoms with Crippen molar-refractivity contribution < 1.29 is 14.8 Å². The van der Waals surface area contributed by atoms with E-state index in [1.807, 2.05) is 0 Å². The van der Waals surface area contributed by atoms with Gasteiger partial charge in [0.2, 0.25) is 5.13 Å². The van der Waals surface area contributed by atoms with Gasteiger partial charge in [0.15, 0.2) is 4.34 Å². The fourth-order valence-corrected chi connectivity index (χ4v) is 3.15. The number of anilines is 1. The predicted molar refractivity (Wildman–Crippen MR) is 73.9 cm³/mol. The molecule has 0 aliphatic rings. The Morgan fingerprint density at radius 3 is 2.80 bits per heavy atom. The highest BCUT2D eigenvalue weighted by Gasteiger charge is 2.23. The van der Waals surface area contributed by atoms with E-state index in [4.69, 9.17) is 10.8 Å². The second kappa shape index (κ2) is 5.84. The minimum Gasteiger partial charge on any atom is -0.477 e. The zero-order valence-corrected chi connectivity index (χ0v) is 11.5. The van der Waals surface area contributed by atoms with Crippen molar-refractivity contribution >= 4 is 39.9 Å². The van der Waals surface area contributed by atoms with Crippen LogP contribution in [0.3, 0.4) is 0 Å². The van der Waals surface area contributed by atoms with Gasteiger partial charge in [-0.15, -0.1) is 10.2 Å². The van der Waals surface area contributed by atoms with Crippen LogP contribution in [-0.4, -0.2) is 26.2 Å². The van der Waals surface area contributed by atoms with Gasteiger partial charge in [0.1, 0.15) is 5.56 Å². The first-order chi connectivity index (χ1) is 9.49. The van der Waals surface area contributed by atoms with Crippen LogP contribution in [0.2, 0.25) is 0 Å². The molecule has 0 aliphatic carbocycles. The van der Waals surface area contributed by atoms with Crippen molar-refractivity contribution in [2.24, 2.45) is 0 Å². The number of carbonyl (C=O) groups is 1. The minimum absolute atomic E-state index is 0.234. The molecule has 0 amide bonds. The van der Waals surface area contributed by atoms with Crippen LogP contribution in [-0.2, 0) is 5.75 Å². The van der Waals surface area contributed by atoms with Crippen LogP contribution in [0.15, 0.2) is 22.5 Å². The van der Waals surface area contributed by atoms with Crippen molar-refractivity contribution in [3.05, 3.63) is 39.4 Å². The molecule has 1 aromatic carbocycles. The van der Waals surface area contributed by atoms with Crippen molar-refractivity contribution in [2.75, 3.05) is 5.73 Å². The molecule has 0 unspecified atom stereocenters. The number of nitrogens with zero attached hydrogens (tertiary/aromatic N) is 3. The van der Waals surface area contributed by atoms with E-state index in [9.17, 15) is 14.9 Å². The molecule has 0 spiro atoms. The minimum atomic E-state index is -1.33. The van der Waals surface area contributed by atoms with Gasteiger partial charge in [0.05, 0.1) is 4.92 Å². The van der Waals surface area contributed by atoms with E-state index in [0.717, 1.165) is 0 Å². The molecule has 1 heterocycles. The van der Waals surface area contributed by atoms with Crippen molar-refractivity contribution in [1.82, 2.24) is 10.2 Å². The van der Waals surface area contributed by atoms with E-state index in [1.165, 1.54) is 41.3 Å². The summed E-state index contributed by atoms with van der Waals surface area (Å²) < 4.78 is 0.574. The van der Waals surface area contributed by atoms with Gasteiger partial charge in [0.25, 0.3) is 5.69 Å². The molecule has 0 saturated carbocycles. The second-order valence-electron chi connectivity index (χ2n) is 3.57. The summed E-state index contributed by atoms with van der Waals surface area (Å²) in [5, 5.41) is 27.7. The van der Waals surface area contributed by atoms with E-state index in [1.54, 1.807) is 0 Å². The average Bonchev–Trinajstić information content (AvgIpc) is 2.81. The highest BCUT2D eigenvalue weighted by atomic mass is 32.2. The number of aromatic carboxylic acids is 1. The van der Waals surface area contributed by atoms with Gasteiger partial charge in [-0.3, -0.25) is 10.1 Å².